The number of carbonyl (C=O) groups is 1. The summed E-state index contributed by atoms with van der Waals surface area (Å²) >= 11 is 0. The first-order valence-corrected chi connectivity index (χ1v) is 3.80. The SMILES string of the molecule is CC[N-]C(=O)COC(C)(C)C.[K+]. The molecule has 66 valence electrons. The Morgan fingerprint density at radius 3 is 2.25 bits per heavy atom. The van der Waals surface area contributed by atoms with Crippen LogP contribution in [0.5, 0.6) is 0 Å². The van der Waals surface area contributed by atoms with Crippen LogP contribution in [0.1, 0.15) is 27.7 Å². The summed E-state index contributed by atoms with van der Waals surface area (Å²) in [5, 5.41) is 3.66. The fraction of sp³-hybridized carbons (Fsp3) is 0.875. The zero-order chi connectivity index (χ0) is 8.91. The maximum Gasteiger partial charge on any atom is 1.00 e. The minimum atomic E-state index is -0.251. The van der Waals surface area contributed by atoms with Crippen LogP contribution in [0, 0.1) is 0 Å². The minimum Gasteiger partial charge on any atom is -0.652 e. The monoisotopic (exact) mass is 197 g/mol. The largest absolute Gasteiger partial charge is 1.00 e. The summed E-state index contributed by atoms with van der Waals surface area (Å²) in [5.74, 6) is -0.178. The van der Waals surface area contributed by atoms with Gasteiger partial charge < -0.3 is 14.8 Å². The second-order valence-electron chi connectivity index (χ2n) is 3.27. The van der Waals surface area contributed by atoms with E-state index in [9.17, 15) is 4.79 Å². The number of hydrogen-bond acceptors (Lipinski definition) is 2. The maximum absolute atomic E-state index is 10.8. The molecule has 0 aromatic carbocycles. The summed E-state index contributed by atoms with van der Waals surface area (Å²) in [6.45, 7) is 8.18. The van der Waals surface area contributed by atoms with Gasteiger partial charge in [-0.25, -0.2) is 0 Å². The summed E-state index contributed by atoms with van der Waals surface area (Å²) in [6, 6.07) is 0. The number of ether oxygens (including phenoxy) is 1. The number of nitrogens with zero attached hydrogens (tertiary/aromatic N) is 1. The predicted octanol–water partition coefficient (Wildman–Crippen LogP) is -1.27. The van der Waals surface area contributed by atoms with E-state index >= 15 is 0 Å². The van der Waals surface area contributed by atoms with Gasteiger partial charge in [0.05, 0.1) is 18.1 Å². The standard InChI is InChI=1S/C8H17NO2.K/c1-5-9-7(10)6-11-8(2,3)4;/h5-6H2,1-4H3,(H,9,10);/q;+1/p-1. The zero-order valence-electron chi connectivity index (χ0n) is 8.68. The molecule has 0 N–H and O–H groups in total. The first-order chi connectivity index (χ1) is 4.95. The topological polar surface area (TPSA) is 40.4 Å². The van der Waals surface area contributed by atoms with Gasteiger partial charge in [0.15, 0.2) is 0 Å². The van der Waals surface area contributed by atoms with E-state index in [1.807, 2.05) is 27.7 Å². The van der Waals surface area contributed by atoms with Gasteiger partial charge >= 0.3 is 51.4 Å². The first-order valence-electron chi connectivity index (χ1n) is 3.80. The molecule has 4 heteroatoms. The fourth-order valence-corrected chi connectivity index (χ4v) is 0.500. The minimum absolute atomic E-state index is 0. The fourth-order valence-electron chi connectivity index (χ4n) is 0.500. The third-order valence-corrected chi connectivity index (χ3v) is 0.963. The second-order valence-corrected chi connectivity index (χ2v) is 3.27. The van der Waals surface area contributed by atoms with Crippen LogP contribution in [-0.4, -0.2) is 24.7 Å². The smallest absolute Gasteiger partial charge is 0.652 e. The second kappa shape index (κ2) is 7.47. The molecule has 0 saturated heterocycles. The van der Waals surface area contributed by atoms with E-state index in [0.717, 1.165) is 0 Å². The van der Waals surface area contributed by atoms with E-state index in [1.54, 1.807) is 0 Å². The van der Waals surface area contributed by atoms with E-state index < -0.39 is 0 Å². The average molecular weight is 197 g/mol. The van der Waals surface area contributed by atoms with Crippen molar-refractivity contribution in [1.29, 1.82) is 0 Å². The Kier molecular flexibility index (Phi) is 9.67. The molecular weight excluding hydrogens is 181 g/mol. The molecule has 0 bridgehead atoms. The van der Waals surface area contributed by atoms with Gasteiger partial charge in [-0.3, -0.25) is 0 Å². The van der Waals surface area contributed by atoms with Gasteiger partial charge in [-0.1, -0.05) is 6.92 Å². The molecule has 0 heterocycles. The Hall–Kier alpha value is 1.07. The summed E-state index contributed by atoms with van der Waals surface area (Å²) < 4.78 is 5.20. The van der Waals surface area contributed by atoms with Gasteiger partial charge in [0.25, 0.3) is 0 Å². The number of likely N-dealkylation sites (N-methyl/N-ethyl adjacent to an activating group) is 1. The van der Waals surface area contributed by atoms with Gasteiger partial charge in [0, 0.05) is 0 Å². The van der Waals surface area contributed by atoms with Crippen molar-refractivity contribution in [3.05, 3.63) is 5.32 Å². The van der Waals surface area contributed by atoms with Gasteiger partial charge in [-0.2, -0.15) is 0 Å². The molecule has 1 amide bonds. The van der Waals surface area contributed by atoms with Crippen LogP contribution in [0.25, 0.3) is 5.32 Å². The quantitative estimate of drug-likeness (QED) is 0.529. The molecule has 3 nitrogen and oxygen atoms in total. The average Bonchev–Trinajstić information content (AvgIpc) is 1.83. The summed E-state index contributed by atoms with van der Waals surface area (Å²) in [4.78, 5) is 10.8. The summed E-state index contributed by atoms with van der Waals surface area (Å²) in [7, 11) is 0. The van der Waals surface area contributed by atoms with Crippen LogP contribution in [0.2, 0.25) is 0 Å². The van der Waals surface area contributed by atoms with Crippen molar-refractivity contribution in [3.63, 3.8) is 0 Å². The first kappa shape index (κ1) is 15.5. The van der Waals surface area contributed by atoms with E-state index in [1.165, 1.54) is 0 Å². The molecular formula is C8H16KNO2. The zero-order valence-corrected chi connectivity index (χ0v) is 11.8. The van der Waals surface area contributed by atoms with Crippen molar-refractivity contribution >= 4 is 5.91 Å². The number of hydrogen-bond donors (Lipinski definition) is 0. The van der Waals surface area contributed by atoms with Crippen molar-refractivity contribution in [2.45, 2.75) is 33.3 Å². The Morgan fingerprint density at radius 2 is 1.92 bits per heavy atom. The molecule has 0 spiro atoms. The van der Waals surface area contributed by atoms with Gasteiger partial charge in [0.1, 0.15) is 0 Å². The van der Waals surface area contributed by atoms with Gasteiger partial charge in [-0.15, -0.1) is 6.54 Å². The molecule has 0 fully saturated rings. The Labute approximate surface area is 117 Å². The molecule has 0 aromatic heterocycles. The molecule has 0 aliphatic heterocycles. The summed E-state index contributed by atoms with van der Waals surface area (Å²) in [6.07, 6.45) is 0. The van der Waals surface area contributed by atoms with Crippen molar-refractivity contribution in [2.75, 3.05) is 13.2 Å². The van der Waals surface area contributed by atoms with Gasteiger partial charge in [-0.05, 0) is 20.8 Å². The van der Waals surface area contributed by atoms with Crippen LogP contribution in [0.3, 0.4) is 0 Å². The van der Waals surface area contributed by atoms with Crippen molar-refractivity contribution in [3.8, 4) is 0 Å². The van der Waals surface area contributed by atoms with E-state index in [-0.39, 0.29) is 69.5 Å². The van der Waals surface area contributed by atoms with Crippen LogP contribution < -0.4 is 51.4 Å². The molecule has 0 atom stereocenters. The van der Waals surface area contributed by atoms with Crippen molar-refractivity contribution in [1.82, 2.24) is 0 Å². The number of rotatable bonds is 3. The molecule has 0 aromatic rings. The summed E-state index contributed by atoms with van der Waals surface area (Å²) in [5.41, 5.74) is -0.251. The molecule has 0 aliphatic rings. The van der Waals surface area contributed by atoms with Crippen LogP contribution in [0.4, 0.5) is 0 Å². The third-order valence-electron chi connectivity index (χ3n) is 0.963. The molecule has 0 rings (SSSR count). The Morgan fingerprint density at radius 1 is 1.42 bits per heavy atom. The van der Waals surface area contributed by atoms with Crippen molar-refractivity contribution < 1.29 is 60.9 Å². The van der Waals surface area contributed by atoms with Crippen LogP contribution >= 0.6 is 0 Å². The van der Waals surface area contributed by atoms with Crippen LogP contribution in [-0.2, 0) is 9.53 Å². The van der Waals surface area contributed by atoms with E-state index in [4.69, 9.17) is 4.74 Å². The third kappa shape index (κ3) is 11.1. The maximum atomic E-state index is 10.8. The predicted molar refractivity (Wildman–Crippen MR) is 44.6 cm³/mol. The van der Waals surface area contributed by atoms with E-state index in [2.05, 4.69) is 5.32 Å². The molecule has 12 heavy (non-hydrogen) atoms. The normalized spacial score (nSPS) is 10.3. The van der Waals surface area contributed by atoms with Crippen molar-refractivity contribution in [2.24, 2.45) is 0 Å². The molecule has 0 aliphatic carbocycles. The Bertz CT molecular complexity index is 132. The number of amides is 1. The molecule has 0 unspecified atom stereocenters. The van der Waals surface area contributed by atoms with E-state index in [0.29, 0.717) is 6.54 Å². The molecule has 0 radical (unpaired) electrons. The number of carbonyl (C=O) groups excluding carboxylic acids is 1. The molecule has 0 saturated carbocycles. The van der Waals surface area contributed by atoms with Gasteiger partial charge in [0.2, 0.25) is 0 Å². The van der Waals surface area contributed by atoms with Crippen LogP contribution in [0.15, 0.2) is 0 Å². The Balaban J connectivity index is 0.